The lowest BCUT2D eigenvalue weighted by molar-refractivity contribution is 0.211. The summed E-state index contributed by atoms with van der Waals surface area (Å²) in [6, 6.07) is 0.793. The number of likely N-dealkylation sites (N-methyl/N-ethyl adjacent to an activating group) is 2. The van der Waals surface area contributed by atoms with Crippen LogP contribution >= 0.6 is 0 Å². The average molecular weight is 256 g/mol. The van der Waals surface area contributed by atoms with Gasteiger partial charge in [-0.15, -0.1) is 0 Å². The Bertz CT molecular complexity index is 204. The maximum atomic E-state index is 3.52. The Hall–Kier alpha value is -0.160. The summed E-state index contributed by atoms with van der Waals surface area (Å²) < 4.78 is 0. The molecule has 1 heterocycles. The van der Waals surface area contributed by atoms with Crippen LogP contribution in [0.5, 0.6) is 0 Å². The highest BCUT2D eigenvalue weighted by molar-refractivity contribution is 4.82. The number of nitrogens with zero attached hydrogens (tertiary/aromatic N) is 3. The van der Waals surface area contributed by atoms with Crippen molar-refractivity contribution in [2.45, 2.75) is 26.3 Å². The summed E-state index contributed by atoms with van der Waals surface area (Å²) in [4.78, 5) is 7.42. The van der Waals surface area contributed by atoms with Crippen molar-refractivity contribution in [3.05, 3.63) is 0 Å². The molecule has 1 aliphatic heterocycles. The minimum absolute atomic E-state index is 0.793. The average Bonchev–Trinajstić information content (AvgIpc) is 2.79. The number of hydrogen-bond donors (Lipinski definition) is 1. The van der Waals surface area contributed by atoms with E-state index in [1.54, 1.807) is 0 Å². The molecule has 0 aromatic rings. The lowest BCUT2D eigenvalue weighted by Crippen LogP contribution is -2.39. The zero-order valence-electron chi connectivity index (χ0n) is 12.8. The van der Waals surface area contributed by atoms with E-state index in [4.69, 9.17) is 0 Å². The van der Waals surface area contributed by atoms with Crippen LogP contribution in [0.4, 0.5) is 0 Å². The molecule has 4 heteroatoms. The largest absolute Gasteiger partial charge is 0.314 e. The van der Waals surface area contributed by atoms with Gasteiger partial charge >= 0.3 is 0 Å². The topological polar surface area (TPSA) is 21.8 Å². The van der Waals surface area contributed by atoms with Gasteiger partial charge in [-0.1, -0.05) is 13.8 Å². The normalized spacial score (nSPS) is 21.3. The van der Waals surface area contributed by atoms with Crippen LogP contribution in [0.3, 0.4) is 0 Å². The van der Waals surface area contributed by atoms with Crippen molar-refractivity contribution in [2.75, 3.05) is 66.5 Å². The first kappa shape index (κ1) is 15.9. The quantitative estimate of drug-likeness (QED) is 0.608. The van der Waals surface area contributed by atoms with Gasteiger partial charge in [0.25, 0.3) is 0 Å². The fraction of sp³-hybridized carbons (Fsp3) is 1.00. The van der Waals surface area contributed by atoms with Crippen LogP contribution in [-0.2, 0) is 0 Å². The molecule has 1 unspecified atom stereocenters. The van der Waals surface area contributed by atoms with Gasteiger partial charge in [-0.3, -0.25) is 4.90 Å². The van der Waals surface area contributed by atoms with Crippen molar-refractivity contribution in [2.24, 2.45) is 0 Å². The molecule has 0 bridgehead atoms. The molecular formula is C14H32N4. The molecular weight excluding hydrogens is 224 g/mol. The minimum atomic E-state index is 0.793. The lowest BCUT2D eigenvalue weighted by atomic mass is 10.2. The van der Waals surface area contributed by atoms with Gasteiger partial charge in [0.2, 0.25) is 0 Å². The molecule has 1 fully saturated rings. The van der Waals surface area contributed by atoms with E-state index in [1.165, 1.54) is 39.1 Å². The molecule has 0 aliphatic carbocycles. The maximum Gasteiger partial charge on any atom is 0.0235 e. The number of rotatable bonds is 9. The second kappa shape index (κ2) is 8.86. The molecule has 0 spiro atoms. The van der Waals surface area contributed by atoms with Gasteiger partial charge in [0.15, 0.2) is 0 Å². The number of nitrogens with one attached hydrogen (secondary N) is 1. The van der Waals surface area contributed by atoms with Crippen molar-refractivity contribution in [1.29, 1.82) is 0 Å². The van der Waals surface area contributed by atoms with Crippen molar-refractivity contribution in [3.63, 3.8) is 0 Å². The standard InChI is InChI=1S/C14H32N4/c1-5-18(6-2)14-7-10-17(13-14)12-9-15-8-11-16(3)4/h14-15H,5-13H2,1-4H3. The van der Waals surface area contributed by atoms with Crippen LogP contribution in [-0.4, -0.2) is 87.2 Å². The van der Waals surface area contributed by atoms with E-state index >= 15 is 0 Å². The van der Waals surface area contributed by atoms with Crippen LogP contribution in [0.25, 0.3) is 0 Å². The van der Waals surface area contributed by atoms with Crippen LogP contribution in [0.1, 0.15) is 20.3 Å². The Kier molecular flexibility index (Phi) is 7.82. The first-order chi connectivity index (χ1) is 8.67. The van der Waals surface area contributed by atoms with Crippen LogP contribution in [0, 0.1) is 0 Å². The predicted octanol–water partition coefficient (Wildman–Crippen LogP) is 0.554. The maximum absolute atomic E-state index is 3.52. The van der Waals surface area contributed by atoms with Crippen LogP contribution in [0.15, 0.2) is 0 Å². The molecule has 0 amide bonds. The predicted molar refractivity (Wildman–Crippen MR) is 79.2 cm³/mol. The second-order valence-electron chi connectivity index (χ2n) is 5.52. The summed E-state index contributed by atoms with van der Waals surface area (Å²) >= 11 is 0. The van der Waals surface area contributed by atoms with E-state index < -0.39 is 0 Å². The lowest BCUT2D eigenvalue weighted by Gasteiger charge is -2.26. The smallest absolute Gasteiger partial charge is 0.0235 e. The summed E-state index contributed by atoms with van der Waals surface area (Å²) in [5, 5.41) is 3.52. The van der Waals surface area contributed by atoms with E-state index in [1.807, 2.05) is 0 Å². The van der Waals surface area contributed by atoms with E-state index in [9.17, 15) is 0 Å². The molecule has 0 aromatic carbocycles. The Labute approximate surface area is 113 Å². The highest BCUT2D eigenvalue weighted by atomic mass is 15.3. The van der Waals surface area contributed by atoms with Crippen LogP contribution < -0.4 is 5.32 Å². The Morgan fingerprint density at radius 3 is 2.50 bits per heavy atom. The van der Waals surface area contributed by atoms with Crippen molar-refractivity contribution >= 4 is 0 Å². The van der Waals surface area contributed by atoms with Gasteiger partial charge in [-0.05, 0) is 40.2 Å². The van der Waals surface area contributed by atoms with Crippen LogP contribution in [0.2, 0.25) is 0 Å². The molecule has 0 aromatic heterocycles. The first-order valence-electron chi connectivity index (χ1n) is 7.49. The minimum Gasteiger partial charge on any atom is -0.314 e. The summed E-state index contributed by atoms with van der Waals surface area (Å²) in [6.45, 7) is 14.0. The zero-order chi connectivity index (χ0) is 13.4. The fourth-order valence-corrected chi connectivity index (χ4v) is 2.72. The zero-order valence-corrected chi connectivity index (χ0v) is 12.8. The third-order valence-electron chi connectivity index (χ3n) is 3.92. The molecule has 0 radical (unpaired) electrons. The highest BCUT2D eigenvalue weighted by Gasteiger charge is 2.25. The van der Waals surface area contributed by atoms with E-state index in [0.717, 1.165) is 25.7 Å². The van der Waals surface area contributed by atoms with Gasteiger partial charge in [-0.25, -0.2) is 0 Å². The molecule has 108 valence electrons. The van der Waals surface area contributed by atoms with Crippen molar-refractivity contribution in [1.82, 2.24) is 20.0 Å². The second-order valence-corrected chi connectivity index (χ2v) is 5.52. The van der Waals surface area contributed by atoms with E-state index in [0.29, 0.717) is 0 Å². The number of hydrogen-bond acceptors (Lipinski definition) is 4. The Morgan fingerprint density at radius 2 is 1.89 bits per heavy atom. The van der Waals surface area contributed by atoms with E-state index in [2.05, 4.69) is 48.0 Å². The fourth-order valence-electron chi connectivity index (χ4n) is 2.72. The SMILES string of the molecule is CCN(CC)C1CCN(CCNCCN(C)C)C1. The summed E-state index contributed by atoms with van der Waals surface area (Å²) in [6.07, 6.45) is 1.35. The van der Waals surface area contributed by atoms with Gasteiger partial charge in [0.05, 0.1) is 0 Å². The molecule has 1 atom stereocenters. The number of likely N-dealkylation sites (tertiary alicyclic amines) is 1. The molecule has 1 aliphatic rings. The highest BCUT2D eigenvalue weighted by Crippen LogP contribution is 2.14. The summed E-state index contributed by atoms with van der Waals surface area (Å²) in [5.41, 5.74) is 0. The Balaban J connectivity index is 2.07. The molecule has 1 rings (SSSR count). The van der Waals surface area contributed by atoms with Gasteiger partial charge < -0.3 is 15.1 Å². The Morgan fingerprint density at radius 1 is 1.17 bits per heavy atom. The summed E-state index contributed by atoms with van der Waals surface area (Å²) in [7, 11) is 4.24. The third-order valence-corrected chi connectivity index (χ3v) is 3.92. The molecule has 1 N–H and O–H groups in total. The third kappa shape index (κ3) is 5.65. The van der Waals surface area contributed by atoms with Crippen molar-refractivity contribution in [3.8, 4) is 0 Å². The first-order valence-corrected chi connectivity index (χ1v) is 7.49. The monoisotopic (exact) mass is 256 g/mol. The van der Waals surface area contributed by atoms with E-state index in [-0.39, 0.29) is 0 Å². The summed E-state index contributed by atoms with van der Waals surface area (Å²) in [5.74, 6) is 0. The molecule has 4 nitrogen and oxygen atoms in total. The van der Waals surface area contributed by atoms with Gasteiger partial charge in [0.1, 0.15) is 0 Å². The van der Waals surface area contributed by atoms with Gasteiger partial charge in [-0.2, -0.15) is 0 Å². The molecule has 0 saturated carbocycles. The molecule has 1 saturated heterocycles. The van der Waals surface area contributed by atoms with Crippen molar-refractivity contribution < 1.29 is 0 Å². The van der Waals surface area contributed by atoms with Gasteiger partial charge in [0, 0.05) is 38.8 Å². The molecule has 18 heavy (non-hydrogen) atoms.